The van der Waals surface area contributed by atoms with Crippen LogP contribution in [0, 0.1) is 21.4 Å². The molecule has 2 N–H and O–H groups in total. The third-order valence-corrected chi connectivity index (χ3v) is 3.69. The van der Waals surface area contributed by atoms with Gasteiger partial charge in [-0.2, -0.15) is 5.26 Å². The minimum atomic E-state index is -0.490. The van der Waals surface area contributed by atoms with Crippen molar-refractivity contribution in [1.29, 1.82) is 5.26 Å². The summed E-state index contributed by atoms with van der Waals surface area (Å²) in [5.74, 6) is 0. The predicted octanol–water partition coefficient (Wildman–Crippen LogP) is 1.02. The van der Waals surface area contributed by atoms with Crippen LogP contribution in [0.5, 0.6) is 0 Å². The van der Waals surface area contributed by atoms with Gasteiger partial charge in [-0.3, -0.25) is 10.1 Å². The first kappa shape index (κ1) is 15.2. The molecule has 1 saturated heterocycles. The number of hydrogen-bond donors (Lipinski definition) is 2. The number of nitro benzene ring substituents is 1. The Bertz CT molecular complexity index is 548. The molecule has 7 nitrogen and oxygen atoms in total. The van der Waals surface area contributed by atoms with E-state index in [2.05, 4.69) is 10.2 Å². The number of hydrogen-bond acceptors (Lipinski definition) is 6. The van der Waals surface area contributed by atoms with E-state index >= 15 is 0 Å². The third kappa shape index (κ3) is 3.68. The Morgan fingerprint density at radius 2 is 2.19 bits per heavy atom. The first-order valence-electron chi connectivity index (χ1n) is 6.93. The van der Waals surface area contributed by atoms with Crippen molar-refractivity contribution in [3.05, 3.63) is 33.9 Å². The lowest BCUT2D eigenvalue weighted by Gasteiger charge is -2.34. The number of aliphatic hydroxyl groups is 1. The average molecular weight is 290 g/mol. The Morgan fingerprint density at radius 3 is 2.76 bits per heavy atom. The van der Waals surface area contributed by atoms with E-state index in [9.17, 15) is 15.4 Å². The Balaban J connectivity index is 2.06. The molecular formula is C14H18N4O3. The van der Waals surface area contributed by atoms with E-state index in [1.807, 2.05) is 6.07 Å². The molecule has 0 aromatic heterocycles. The van der Waals surface area contributed by atoms with E-state index in [0.29, 0.717) is 18.2 Å². The predicted molar refractivity (Wildman–Crippen MR) is 78.1 cm³/mol. The van der Waals surface area contributed by atoms with Crippen molar-refractivity contribution in [2.75, 3.05) is 31.1 Å². The van der Waals surface area contributed by atoms with Crippen LogP contribution in [0.4, 0.5) is 11.4 Å². The standard InChI is InChI=1S/C14H18N4O3/c15-10-11-9-13(18(20)21)1-2-14(11)17-6-3-12(4-7-17)16-5-8-19/h1-2,9,12,16,19H,3-8H2. The van der Waals surface area contributed by atoms with E-state index < -0.39 is 4.92 Å². The number of anilines is 1. The molecule has 1 aliphatic rings. The molecule has 0 amide bonds. The molecule has 0 aliphatic carbocycles. The number of nitro groups is 1. The van der Waals surface area contributed by atoms with Crippen LogP contribution >= 0.6 is 0 Å². The molecule has 0 atom stereocenters. The molecule has 112 valence electrons. The van der Waals surface area contributed by atoms with Crippen LogP contribution in [0.1, 0.15) is 18.4 Å². The van der Waals surface area contributed by atoms with Crippen LogP contribution in [0.3, 0.4) is 0 Å². The lowest BCUT2D eigenvalue weighted by Crippen LogP contribution is -2.43. The van der Waals surface area contributed by atoms with E-state index in [0.717, 1.165) is 31.6 Å². The molecule has 0 unspecified atom stereocenters. The van der Waals surface area contributed by atoms with E-state index in [4.69, 9.17) is 5.11 Å². The van der Waals surface area contributed by atoms with Crippen LogP contribution < -0.4 is 10.2 Å². The van der Waals surface area contributed by atoms with Crippen LogP contribution in [0.15, 0.2) is 18.2 Å². The number of nitrogens with one attached hydrogen (secondary N) is 1. The molecule has 0 radical (unpaired) electrons. The first-order chi connectivity index (χ1) is 10.2. The maximum absolute atomic E-state index is 10.8. The summed E-state index contributed by atoms with van der Waals surface area (Å²) < 4.78 is 0. The van der Waals surface area contributed by atoms with Gasteiger partial charge >= 0.3 is 0 Å². The van der Waals surface area contributed by atoms with Crippen LogP contribution in [0.2, 0.25) is 0 Å². The summed E-state index contributed by atoms with van der Waals surface area (Å²) in [4.78, 5) is 12.3. The largest absolute Gasteiger partial charge is 0.395 e. The number of nitriles is 1. The van der Waals surface area contributed by atoms with Crippen molar-refractivity contribution in [3.8, 4) is 6.07 Å². The highest BCUT2D eigenvalue weighted by Crippen LogP contribution is 2.27. The van der Waals surface area contributed by atoms with E-state index in [1.165, 1.54) is 12.1 Å². The second kappa shape index (κ2) is 7.02. The summed E-state index contributed by atoms with van der Waals surface area (Å²) in [6, 6.07) is 6.82. The van der Waals surface area contributed by atoms with Crippen LogP contribution in [-0.4, -0.2) is 42.3 Å². The summed E-state index contributed by atoms with van der Waals surface area (Å²) in [6.45, 7) is 2.29. The van der Waals surface area contributed by atoms with Gasteiger partial charge in [0, 0.05) is 37.8 Å². The summed E-state index contributed by atoms with van der Waals surface area (Å²) >= 11 is 0. The number of aliphatic hydroxyl groups excluding tert-OH is 1. The summed E-state index contributed by atoms with van der Waals surface area (Å²) in [5, 5.41) is 32.0. The molecule has 7 heteroatoms. The number of piperidine rings is 1. The number of benzene rings is 1. The minimum Gasteiger partial charge on any atom is -0.395 e. The lowest BCUT2D eigenvalue weighted by molar-refractivity contribution is -0.384. The third-order valence-electron chi connectivity index (χ3n) is 3.69. The van der Waals surface area contributed by atoms with Crippen molar-refractivity contribution in [3.63, 3.8) is 0 Å². The number of nitrogens with zero attached hydrogens (tertiary/aromatic N) is 3. The second-order valence-corrected chi connectivity index (χ2v) is 5.01. The van der Waals surface area contributed by atoms with Gasteiger partial charge in [-0.05, 0) is 18.9 Å². The topological polar surface area (TPSA) is 102 Å². The molecule has 1 aromatic rings. The molecular weight excluding hydrogens is 272 g/mol. The van der Waals surface area contributed by atoms with Gasteiger partial charge in [0.25, 0.3) is 5.69 Å². The van der Waals surface area contributed by atoms with Crippen LogP contribution in [-0.2, 0) is 0 Å². The Labute approximate surface area is 122 Å². The molecule has 1 heterocycles. The zero-order valence-electron chi connectivity index (χ0n) is 11.7. The first-order valence-corrected chi connectivity index (χ1v) is 6.93. The smallest absolute Gasteiger partial charge is 0.270 e. The monoisotopic (exact) mass is 290 g/mol. The van der Waals surface area contributed by atoms with Gasteiger partial charge in [0.1, 0.15) is 6.07 Å². The molecule has 21 heavy (non-hydrogen) atoms. The maximum Gasteiger partial charge on any atom is 0.270 e. The van der Waals surface area contributed by atoms with Crippen LogP contribution in [0.25, 0.3) is 0 Å². The molecule has 0 bridgehead atoms. The normalized spacial score (nSPS) is 15.7. The highest BCUT2D eigenvalue weighted by molar-refractivity contribution is 5.63. The zero-order chi connectivity index (χ0) is 15.2. The molecule has 0 saturated carbocycles. The minimum absolute atomic E-state index is 0.0604. The molecule has 1 fully saturated rings. The molecule has 0 spiro atoms. The fraction of sp³-hybridized carbons (Fsp3) is 0.500. The van der Waals surface area contributed by atoms with Gasteiger partial charge in [-0.25, -0.2) is 0 Å². The maximum atomic E-state index is 10.8. The van der Waals surface area contributed by atoms with Gasteiger partial charge in [0.2, 0.25) is 0 Å². The summed E-state index contributed by atoms with van der Waals surface area (Å²) in [6.07, 6.45) is 1.84. The summed E-state index contributed by atoms with van der Waals surface area (Å²) in [5.41, 5.74) is 1.03. The van der Waals surface area contributed by atoms with E-state index in [1.54, 1.807) is 6.07 Å². The van der Waals surface area contributed by atoms with Crippen molar-refractivity contribution < 1.29 is 10.0 Å². The lowest BCUT2D eigenvalue weighted by atomic mass is 10.0. The Morgan fingerprint density at radius 1 is 1.48 bits per heavy atom. The number of rotatable bonds is 5. The average Bonchev–Trinajstić information content (AvgIpc) is 2.52. The second-order valence-electron chi connectivity index (χ2n) is 5.01. The van der Waals surface area contributed by atoms with E-state index in [-0.39, 0.29) is 12.3 Å². The SMILES string of the molecule is N#Cc1cc([N+](=O)[O-])ccc1N1CCC(NCCO)CC1. The van der Waals surface area contributed by atoms with Crippen molar-refractivity contribution >= 4 is 11.4 Å². The van der Waals surface area contributed by atoms with Gasteiger partial charge in [0.15, 0.2) is 0 Å². The molecule has 1 aliphatic heterocycles. The van der Waals surface area contributed by atoms with Gasteiger partial charge in [-0.1, -0.05) is 0 Å². The van der Waals surface area contributed by atoms with Crippen molar-refractivity contribution in [2.24, 2.45) is 0 Å². The Hall–Kier alpha value is -2.17. The van der Waals surface area contributed by atoms with Gasteiger partial charge in [0.05, 0.1) is 22.8 Å². The van der Waals surface area contributed by atoms with Gasteiger partial charge < -0.3 is 15.3 Å². The zero-order valence-corrected chi connectivity index (χ0v) is 11.7. The molecule has 1 aromatic carbocycles. The van der Waals surface area contributed by atoms with Gasteiger partial charge in [-0.15, -0.1) is 0 Å². The highest BCUT2D eigenvalue weighted by Gasteiger charge is 2.21. The quantitative estimate of drug-likeness (QED) is 0.620. The van der Waals surface area contributed by atoms with Crippen molar-refractivity contribution in [2.45, 2.75) is 18.9 Å². The Kier molecular flexibility index (Phi) is 5.09. The summed E-state index contributed by atoms with van der Waals surface area (Å²) in [7, 11) is 0. The fourth-order valence-corrected chi connectivity index (χ4v) is 2.60. The highest BCUT2D eigenvalue weighted by atomic mass is 16.6. The molecule has 2 rings (SSSR count). The fourth-order valence-electron chi connectivity index (χ4n) is 2.60. The number of non-ortho nitro benzene ring substituents is 1. The van der Waals surface area contributed by atoms with Crippen molar-refractivity contribution in [1.82, 2.24) is 5.32 Å².